The largest absolute Gasteiger partial charge is 0.506 e. The molecule has 2 aromatic rings. The lowest BCUT2D eigenvalue weighted by Gasteiger charge is -2.35. The highest BCUT2D eigenvalue weighted by Crippen LogP contribution is 2.40. The SMILES string of the molecule is COc1cccc2c1N=CC1C(=O)N(c3ccc4c(c3)OCO4)C(=O)[N+](C3CCN(S(C)(=O)=O)CC3)=C21. The van der Waals surface area contributed by atoms with Crippen LogP contribution in [0.15, 0.2) is 41.4 Å². The van der Waals surface area contributed by atoms with Crippen molar-refractivity contribution in [1.29, 1.82) is 0 Å². The zero-order valence-corrected chi connectivity index (χ0v) is 21.1. The van der Waals surface area contributed by atoms with Crippen LogP contribution in [-0.4, -0.2) is 80.5 Å². The van der Waals surface area contributed by atoms with Crippen LogP contribution >= 0.6 is 0 Å². The standard InChI is InChI=1S/C25H25N4O7S/c1-34-20-5-3-4-17-22(20)26-13-18-23(17)28(15-8-10-27(11-9-15)37(2,32)33)25(31)29(24(18)30)16-6-7-19-21(12-16)36-14-35-19/h3-7,12-13,15,18H,8-11,14H2,1-2H3/q+1. The van der Waals surface area contributed by atoms with Crippen molar-refractivity contribution < 1.29 is 36.8 Å². The van der Waals surface area contributed by atoms with Gasteiger partial charge in [-0.2, -0.15) is 9.37 Å². The molecule has 1 saturated heterocycles. The van der Waals surface area contributed by atoms with Gasteiger partial charge in [0.25, 0.3) is 0 Å². The molecule has 1 atom stereocenters. The number of methoxy groups -OCH3 is 1. The summed E-state index contributed by atoms with van der Waals surface area (Å²) in [6, 6.07) is 9.51. The number of hydrogen-bond donors (Lipinski definition) is 0. The fourth-order valence-electron chi connectivity index (χ4n) is 5.37. The number of rotatable bonds is 4. The third kappa shape index (κ3) is 3.78. The molecule has 4 aliphatic rings. The molecule has 0 bridgehead atoms. The Morgan fingerprint density at radius 1 is 1.08 bits per heavy atom. The van der Waals surface area contributed by atoms with Gasteiger partial charge in [0.15, 0.2) is 17.4 Å². The number of urea groups is 1. The van der Waals surface area contributed by atoms with Crippen LogP contribution in [0.3, 0.4) is 0 Å². The zero-order valence-electron chi connectivity index (χ0n) is 20.3. The van der Waals surface area contributed by atoms with E-state index < -0.39 is 27.9 Å². The summed E-state index contributed by atoms with van der Waals surface area (Å²) in [6.45, 7) is 0.627. The molecular formula is C25H25N4O7S+. The van der Waals surface area contributed by atoms with Gasteiger partial charge in [-0.15, -0.1) is 4.90 Å². The van der Waals surface area contributed by atoms with Crippen molar-refractivity contribution in [2.24, 2.45) is 10.9 Å². The summed E-state index contributed by atoms with van der Waals surface area (Å²) < 4.78 is 43.6. The first-order valence-electron chi connectivity index (χ1n) is 11.9. The van der Waals surface area contributed by atoms with Crippen LogP contribution in [0.1, 0.15) is 18.4 Å². The highest BCUT2D eigenvalue weighted by atomic mass is 32.2. The van der Waals surface area contributed by atoms with E-state index in [1.54, 1.807) is 48.2 Å². The second-order valence-corrected chi connectivity index (χ2v) is 11.2. The Balaban J connectivity index is 1.49. The number of nitrogens with zero attached hydrogens (tertiary/aromatic N) is 4. The molecule has 1 unspecified atom stereocenters. The summed E-state index contributed by atoms with van der Waals surface area (Å²) in [5.41, 5.74) is 2.09. The van der Waals surface area contributed by atoms with E-state index in [0.29, 0.717) is 52.7 Å². The van der Waals surface area contributed by atoms with Crippen LogP contribution in [0.5, 0.6) is 17.2 Å². The minimum atomic E-state index is -3.35. The van der Waals surface area contributed by atoms with Crippen molar-refractivity contribution in [2.75, 3.05) is 38.1 Å². The summed E-state index contributed by atoms with van der Waals surface area (Å²) in [5.74, 6) is 0.285. The van der Waals surface area contributed by atoms with Crippen LogP contribution in [0.4, 0.5) is 16.2 Å². The fraction of sp³-hybridized carbons (Fsp3) is 0.360. The van der Waals surface area contributed by atoms with Gasteiger partial charge in [-0.3, -0.25) is 4.99 Å². The normalized spacial score (nSPS) is 21.8. The van der Waals surface area contributed by atoms with Gasteiger partial charge in [0.05, 0.1) is 13.4 Å². The van der Waals surface area contributed by atoms with Gasteiger partial charge < -0.3 is 14.2 Å². The number of hydrogen-bond acceptors (Lipinski definition) is 8. The summed E-state index contributed by atoms with van der Waals surface area (Å²) in [4.78, 5) is 33.7. The molecule has 6 rings (SSSR count). The lowest BCUT2D eigenvalue weighted by molar-refractivity contribution is -0.477. The van der Waals surface area contributed by atoms with Gasteiger partial charge in [0, 0.05) is 43.8 Å². The molecule has 0 aromatic heterocycles. The van der Waals surface area contributed by atoms with Crippen molar-refractivity contribution in [3.8, 4) is 17.2 Å². The first-order valence-corrected chi connectivity index (χ1v) is 13.7. The Kier molecular flexibility index (Phi) is 5.53. The van der Waals surface area contributed by atoms with Crippen LogP contribution in [0, 0.1) is 5.92 Å². The van der Waals surface area contributed by atoms with Crippen molar-refractivity contribution in [1.82, 2.24) is 4.31 Å². The topological polar surface area (TPSA) is 118 Å². The predicted molar refractivity (Wildman–Crippen MR) is 134 cm³/mol. The van der Waals surface area contributed by atoms with Crippen LogP contribution < -0.4 is 19.1 Å². The lowest BCUT2D eigenvalue weighted by atomic mass is 9.88. The number of sulfonamides is 1. The highest BCUT2D eigenvalue weighted by Gasteiger charge is 2.53. The van der Waals surface area contributed by atoms with E-state index in [2.05, 4.69) is 4.99 Å². The summed E-state index contributed by atoms with van der Waals surface area (Å²) in [5, 5.41) is 0. The minimum absolute atomic E-state index is 0.0670. The van der Waals surface area contributed by atoms with E-state index in [1.807, 2.05) is 6.07 Å². The number of carbonyl (C=O) groups is 2. The molecule has 3 amide bonds. The molecule has 2 aromatic carbocycles. The molecule has 0 saturated carbocycles. The highest BCUT2D eigenvalue weighted by molar-refractivity contribution is 7.88. The number of piperidine rings is 1. The van der Waals surface area contributed by atoms with Gasteiger partial charge in [0.1, 0.15) is 28.9 Å². The molecular weight excluding hydrogens is 500 g/mol. The van der Waals surface area contributed by atoms with Crippen LogP contribution in [0.25, 0.3) is 0 Å². The molecule has 12 heteroatoms. The molecule has 0 radical (unpaired) electrons. The van der Waals surface area contributed by atoms with Crippen molar-refractivity contribution in [3.63, 3.8) is 0 Å². The number of carbonyl (C=O) groups excluding carboxylic acids is 2. The number of anilines is 1. The van der Waals surface area contributed by atoms with E-state index in [4.69, 9.17) is 14.2 Å². The zero-order chi connectivity index (χ0) is 25.9. The summed E-state index contributed by atoms with van der Waals surface area (Å²) in [6.07, 6.45) is 3.58. The molecule has 4 heterocycles. The van der Waals surface area contributed by atoms with Crippen molar-refractivity contribution in [3.05, 3.63) is 42.0 Å². The molecule has 0 spiro atoms. The van der Waals surface area contributed by atoms with E-state index in [9.17, 15) is 18.0 Å². The average molecular weight is 526 g/mol. The molecule has 0 N–H and O–H groups in total. The van der Waals surface area contributed by atoms with Gasteiger partial charge in [0.2, 0.25) is 16.8 Å². The second-order valence-electron chi connectivity index (χ2n) is 9.25. The maximum Gasteiger partial charge on any atom is 0.506 e. The third-order valence-corrected chi connectivity index (χ3v) is 8.46. The number of benzene rings is 2. The van der Waals surface area contributed by atoms with E-state index in [1.165, 1.54) is 10.6 Å². The van der Waals surface area contributed by atoms with Crippen LogP contribution in [0.2, 0.25) is 0 Å². The number of amides is 3. The Bertz CT molecular complexity index is 1490. The second kappa shape index (κ2) is 8.67. The molecule has 4 aliphatic heterocycles. The molecule has 11 nitrogen and oxygen atoms in total. The van der Waals surface area contributed by atoms with Crippen molar-refractivity contribution in [2.45, 2.75) is 18.9 Å². The van der Waals surface area contributed by atoms with Gasteiger partial charge in [-0.25, -0.2) is 17.5 Å². The van der Waals surface area contributed by atoms with E-state index in [-0.39, 0.29) is 25.9 Å². The average Bonchev–Trinajstić information content (AvgIpc) is 3.36. The minimum Gasteiger partial charge on any atom is -0.494 e. The molecule has 37 heavy (non-hydrogen) atoms. The first kappa shape index (κ1) is 23.6. The van der Waals surface area contributed by atoms with E-state index >= 15 is 0 Å². The Hall–Kier alpha value is -3.77. The van der Waals surface area contributed by atoms with E-state index in [0.717, 1.165) is 4.90 Å². The third-order valence-electron chi connectivity index (χ3n) is 7.16. The number of para-hydroxylation sites is 1. The summed E-state index contributed by atoms with van der Waals surface area (Å²) >= 11 is 0. The van der Waals surface area contributed by atoms with Gasteiger partial charge in [-0.05, 0) is 24.3 Å². The molecule has 1 fully saturated rings. The number of fused-ring (bicyclic) bond motifs is 4. The van der Waals surface area contributed by atoms with Crippen molar-refractivity contribution >= 4 is 45.3 Å². The Morgan fingerprint density at radius 3 is 2.57 bits per heavy atom. The number of aliphatic imine (C=N–C) groups is 1. The first-order chi connectivity index (χ1) is 17.8. The molecule has 0 aliphatic carbocycles. The monoisotopic (exact) mass is 525 g/mol. The van der Waals surface area contributed by atoms with Gasteiger partial charge >= 0.3 is 11.9 Å². The quantitative estimate of drug-likeness (QED) is 0.562. The Labute approximate surface area is 213 Å². The Morgan fingerprint density at radius 2 is 1.84 bits per heavy atom. The van der Waals surface area contributed by atoms with Crippen LogP contribution in [-0.2, 0) is 14.8 Å². The number of imide groups is 1. The predicted octanol–water partition coefficient (Wildman–Crippen LogP) is 2.15. The maximum atomic E-state index is 14.2. The smallest absolute Gasteiger partial charge is 0.494 e. The number of ether oxygens (including phenoxy) is 3. The van der Waals surface area contributed by atoms with Gasteiger partial charge in [-0.1, -0.05) is 6.07 Å². The molecule has 192 valence electrons. The summed E-state index contributed by atoms with van der Waals surface area (Å²) in [7, 11) is -1.81. The fourth-order valence-corrected chi connectivity index (χ4v) is 6.24. The maximum absolute atomic E-state index is 14.2. The lowest BCUT2D eigenvalue weighted by Crippen LogP contribution is -2.60.